The van der Waals surface area contributed by atoms with Gasteiger partial charge in [-0.2, -0.15) is 0 Å². The standard InChI is InChI=1S/C30H20N2O/c1-3-11-21(12-4-1)23-15-7-8-16-24(23)29-25-17-9-10-18-26(25)30(33-29)28-20-31-19-27(32-28)22-13-5-2-6-14-22/h1-20H. The first-order chi connectivity index (χ1) is 16.4. The van der Waals surface area contributed by atoms with E-state index >= 15 is 0 Å². The molecule has 0 fully saturated rings. The highest BCUT2D eigenvalue weighted by molar-refractivity contribution is 6.04. The average Bonchev–Trinajstić information content (AvgIpc) is 3.29. The largest absolute Gasteiger partial charge is 0.453 e. The topological polar surface area (TPSA) is 38.9 Å². The van der Waals surface area contributed by atoms with Crippen molar-refractivity contribution >= 4 is 10.8 Å². The van der Waals surface area contributed by atoms with Crippen LogP contribution in [-0.4, -0.2) is 9.97 Å². The second-order valence-electron chi connectivity index (χ2n) is 7.87. The Morgan fingerprint density at radius 3 is 1.73 bits per heavy atom. The van der Waals surface area contributed by atoms with Crippen molar-refractivity contribution in [1.82, 2.24) is 9.97 Å². The number of furan rings is 1. The van der Waals surface area contributed by atoms with Gasteiger partial charge in [0.1, 0.15) is 11.5 Å². The molecule has 6 rings (SSSR count). The smallest absolute Gasteiger partial charge is 0.162 e. The van der Waals surface area contributed by atoms with Gasteiger partial charge in [-0.05, 0) is 11.1 Å². The van der Waals surface area contributed by atoms with Crippen molar-refractivity contribution < 1.29 is 4.42 Å². The molecule has 0 spiro atoms. The van der Waals surface area contributed by atoms with Crippen molar-refractivity contribution in [3.8, 4) is 45.2 Å². The third kappa shape index (κ3) is 3.50. The minimum Gasteiger partial charge on any atom is -0.453 e. The molecular formula is C30H20N2O. The van der Waals surface area contributed by atoms with Crippen LogP contribution in [0.4, 0.5) is 0 Å². The maximum Gasteiger partial charge on any atom is 0.162 e. The van der Waals surface area contributed by atoms with Gasteiger partial charge in [-0.25, -0.2) is 4.98 Å². The summed E-state index contributed by atoms with van der Waals surface area (Å²) in [6.07, 6.45) is 3.56. The summed E-state index contributed by atoms with van der Waals surface area (Å²) >= 11 is 0. The second kappa shape index (κ2) is 8.21. The van der Waals surface area contributed by atoms with Crippen LogP contribution in [0.3, 0.4) is 0 Å². The highest BCUT2D eigenvalue weighted by atomic mass is 16.3. The molecule has 6 aromatic rings. The molecule has 33 heavy (non-hydrogen) atoms. The molecule has 4 aromatic carbocycles. The number of aromatic nitrogens is 2. The molecule has 0 aliphatic rings. The Morgan fingerprint density at radius 1 is 0.455 bits per heavy atom. The molecule has 0 saturated carbocycles. The van der Waals surface area contributed by atoms with E-state index in [1.807, 2.05) is 48.5 Å². The van der Waals surface area contributed by atoms with Crippen LogP contribution < -0.4 is 0 Å². The fourth-order valence-corrected chi connectivity index (χ4v) is 4.26. The number of nitrogens with zero attached hydrogens (tertiary/aromatic N) is 2. The zero-order valence-electron chi connectivity index (χ0n) is 17.8. The summed E-state index contributed by atoms with van der Waals surface area (Å²) in [7, 11) is 0. The fourth-order valence-electron chi connectivity index (χ4n) is 4.26. The monoisotopic (exact) mass is 424 g/mol. The maximum absolute atomic E-state index is 6.59. The van der Waals surface area contributed by atoms with E-state index < -0.39 is 0 Å². The van der Waals surface area contributed by atoms with E-state index in [9.17, 15) is 0 Å². The van der Waals surface area contributed by atoms with Gasteiger partial charge in [-0.15, -0.1) is 0 Å². The lowest BCUT2D eigenvalue weighted by atomic mass is 9.96. The first kappa shape index (κ1) is 19.2. The zero-order chi connectivity index (χ0) is 22.0. The van der Waals surface area contributed by atoms with Gasteiger partial charge in [0, 0.05) is 21.9 Å². The van der Waals surface area contributed by atoms with Crippen LogP contribution in [-0.2, 0) is 0 Å². The lowest BCUT2D eigenvalue weighted by molar-refractivity contribution is 0.599. The van der Waals surface area contributed by atoms with Crippen molar-refractivity contribution in [2.75, 3.05) is 0 Å². The molecule has 0 atom stereocenters. The molecule has 2 heterocycles. The van der Waals surface area contributed by atoms with Crippen molar-refractivity contribution in [2.45, 2.75) is 0 Å². The van der Waals surface area contributed by atoms with Crippen LogP contribution in [0.5, 0.6) is 0 Å². The van der Waals surface area contributed by atoms with Gasteiger partial charge in [0.15, 0.2) is 5.76 Å². The Labute approximate surface area is 192 Å². The SMILES string of the molecule is c1ccc(-c2cncc(-c3oc(-c4ccccc4-c4ccccc4)c4ccccc34)n2)cc1. The quantitative estimate of drug-likeness (QED) is 0.289. The Bertz CT molecular complexity index is 1550. The summed E-state index contributed by atoms with van der Waals surface area (Å²) in [5, 5.41) is 2.08. The second-order valence-corrected chi connectivity index (χ2v) is 7.87. The molecule has 2 aromatic heterocycles. The van der Waals surface area contributed by atoms with Crippen LogP contribution in [0.15, 0.2) is 126 Å². The highest BCUT2D eigenvalue weighted by Gasteiger charge is 2.20. The summed E-state index contributed by atoms with van der Waals surface area (Å²) in [5.41, 5.74) is 5.90. The van der Waals surface area contributed by atoms with E-state index in [-0.39, 0.29) is 0 Å². The Kier molecular flexibility index (Phi) is 4.78. The van der Waals surface area contributed by atoms with E-state index in [0.717, 1.165) is 55.9 Å². The van der Waals surface area contributed by atoms with Crippen molar-refractivity contribution in [3.05, 3.63) is 122 Å². The van der Waals surface area contributed by atoms with Gasteiger partial charge in [-0.3, -0.25) is 4.98 Å². The zero-order valence-corrected chi connectivity index (χ0v) is 17.8. The van der Waals surface area contributed by atoms with E-state index in [4.69, 9.17) is 9.40 Å². The molecule has 3 nitrogen and oxygen atoms in total. The molecular weight excluding hydrogens is 404 g/mol. The lowest BCUT2D eigenvalue weighted by Crippen LogP contribution is -1.89. The van der Waals surface area contributed by atoms with Gasteiger partial charge in [0.05, 0.1) is 18.1 Å². The molecule has 0 unspecified atom stereocenters. The van der Waals surface area contributed by atoms with E-state index in [1.54, 1.807) is 12.4 Å². The van der Waals surface area contributed by atoms with E-state index in [2.05, 4.69) is 65.6 Å². The van der Waals surface area contributed by atoms with Crippen molar-refractivity contribution in [1.29, 1.82) is 0 Å². The minimum absolute atomic E-state index is 0.719. The van der Waals surface area contributed by atoms with Gasteiger partial charge >= 0.3 is 0 Å². The minimum atomic E-state index is 0.719. The first-order valence-corrected chi connectivity index (χ1v) is 10.9. The normalized spacial score (nSPS) is 11.0. The molecule has 0 radical (unpaired) electrons. The van der Waals surface area contributed by atoms with Gasteiger partial charge in [-0.1, -0.05) is 109 Å². The van der Waals surface area contributed by atoms with Crippen LogP contribution in [0.1, 0.15) is 0 Å². The Balaban J connectivity index is 1.55. The number of fused-ring (bicyclic) bond motifs is 1. The Morgan fingerprint density at radius 2 is 1.00 bits per heavy atom. The third-order valence-electron chi connectivity index (χ3n) is 5.81. The van der Waals surface area contributed by atoms with Crippen LogP contribution in [0.25, 0.3) is 55.9 Å². The van der Waals surface area contributed by atoms with Crippen LogP contribution in [0.2, 0.25) is 0 Å². The molecule has 156 valence electrons. The summed E-state index contributed by atoms with van der Waals surface area (Å²) in [6, 6.07) is 37.1. The summed E-state index contributed by atoms with van der Waals surface area (Å²) in [4.78, 5) is 9.36. The molecule has 0 aliphatic carbocycles. The van der Waals surface area contributed by atoms with E-state index in [0.29, 0.717) is 0 Å². The maximum atomic E-state index is 6.59. The fraction of sp³-hybridized carbons (Fsp3) is 0. The predicted molar refractivity (Wildman–Crippen MR) is 134 cm³/mol. The molecule has 0 N–H and O–H groups in total. The summed E-state index contributed by atoms with van der Waals surface area (Å²) in [6.45, 7) is 0. The number of benzene rings is 4. The Hall–Kier alpha value is -4.50. The predicted octanol–water partition coefficient (Wildman–Crippen LogP) is 7.89. The van der Waals surface area contributed by atoms with Crippen molar-refractivity contribution in [3.63, 3.8) is 0 Å². The van der Waals surface area contributed by atoms with Crippen LogP contribution in [0, 0.1) is 0 Å². The average molecular weight is 425 g/mol. The van der Waals surface area contributed by atoms with Crippen molar-refractivity contribution in [2.24, 2.45) is 0 Å². The van der Waals surface area contributed by atoms with Gasteiger partial charge in [0.25, 0.3) is 0 Å². The number of rotatable bonds is 4. The highest BCUT2D eigenvalue weighted by Crippen LogP contribution is 2.42. The molecule has 0 aliphatic heterocycles. The van der Waals surface area contributed by atoms with E-state index in [1.165, 1.54) is 0 Å². The molecule has 0 saturated heterocycles. The third-order valence-corrected chi connectivity index (χ3v) is 5.81. The summed E-state index contributed by atoms with van der Waals surface area (Å²) in [5.74, 6) is 1.57. The number of hydrogen-bond donors (Lipinski definition) is 0. The molecule has 0 amide bonds. The van der Waals surface area contributed by atoms with Gasteiger partial charge < -0.3 is 4.42 Å². The lowest BCUT2D eigenvalue weighted by Gasteiger charge is -2.08. The molecule has 3 heteroatoms. The van der Waals surface area contributed by atoms with Gasteiger partial charge in [0.2, 0.25) is 0 Å². The van der Waals surface area contributed by atoms with Crippen LogP contribution >= 0.6 is 0 Å². The number of hydrogen-bond acceptors (Lipinski definition) is 3. The summed E-state index contributed by atoms with van der Waals surface area (Å²) < 4.78 is 6.59. The molecule has 0 bridgehead atoms. The first-order valence-electron chi connectivity index (χ1n) is 10.9.